The van der Waals surface area contributed by atoms with Crippen molar-refractivity contribution in [1.82, 2.24) is 0 Å². The molecule has 2 N–H and O–H groups in total. The van der Waals surface area contributed by atoms with Gasteiger partial charge in [0.05, 0.1) is 18.0 Å². The van der Waals surface area contributed by atoms with Crippen molar-refractivity contribution in [3.63, 3.8) is 0 Å². The maximum absolute atomic E-state index is 8.84. The van der Waals surface area contributed by atoms with Crippen molar-refractivity contribution < 1.29 is 10.2 Å². The average molecular weight is 148 g/mol. The topological polar surface area (TPSA) is 40.5 Å². The summed E-state index contributed by atoms with van der Waals surface area (Å²) in [5.74, 6) is 1.08. The summed E-state index contributed by atoms with van der Waals surface area (Å²) in [6.45, 7) is 0.238. The fourth-order valence-electron chi connectivity index (χ4n) is 1.05. The lowest BCUT2D eigenvalue weighted by molar-refractivity contribution is 0.171. The molecule has 0 saturated carbocycles. The van der Waals surface area contributed by atoms with Gasteiger partial charge in [0.2, 0.25) is 0 Å². The predicted molar refractivity (Wildman–Crippen MR) is 38.6 cm³/mol. The highest BCUT2D eigenvalue weighted by molar-refractivity contribution is 8.00. The Morgan fingerprint density at radius 3 is 2.22 bits per heavy atom. The number of thioether (sulfide) groups is 1. The Hall–Kier alpha value is 0.270. The zero-order valence-electron chi connectivity index (χ0n) is 5.34. The van der Waals surface area contributed by atoms with Crippen molar-refractivity contribution in [3.05, 3.63) is 0 Å². The van der Waals surface area contributed by atoms with E-state index in [0.29, 0.717) is 0 Å². The highest BCUT2D eigenvalue weighted by atomic mass is 32.2. The molecule has 9 heavy (non-hydrogen) atoms. The Morgan fingerprint density at radius 1 is 1.33 bits per heavy atom. The normalized spacial score (nSPS) is 24.7. The van der Waals surface area contributed by atoms with Gasteiger partial charge in [0.25, 0.3) is 0 Å². The van der Waals surface area contributed by atoms with Crippen molar-refractivity contribution in [2.75, 3.05) is 19.0 Å². The molecule has 0 spiro atoms. The molecular formula is C6H12O2S. The molecule has 0 radical (unpaired) electrons. The molecule has 1 aliphatic rings. The molecular weight excluding hydrogens is 136 g/mol. The van der Waals surface area contributed by atoms with Crippen molar-refractivity contribution in [1.29, 1.82) is 0 Å². The van der Waals surface area contributed by atoms with E-state index in [2.05, 4.69) is 0 Å². The van der Waals surface area contributed by atoms with Crippen molar-refractivity contribution in [2.24, 2.45) is 0 Å². The Kier molecular flexibility index (Phi) is 2.38. The second-order valence-electron chi connectivity index (χ2n) is 2.45. The first kappa shape index (κ1) is 7.38. The molecule has 0 aromatic carbocycles. The molecule has 0 aromatic rings. The summed E-state index contributed by atoms with van der Waals surface area (Å²) in [5.41, 5.74) is 0. The average Bonchev–Trinajstić information content (AvgIpc) is 2.36. The molecule has 0 unspecified atom stereocenters. The fraction of sp³-hybridized carbons (Fsp3) is 1.00. The minimum Gasteiger partial charge on any atom is -0.395 e. The first-order chi connectivity index (χ1) is 4.33. The van der Waals surface area contributed by atoms with E-state index in [-0.39, 0.29) is 18.0 Å². The van der Waals surface area contributed by atoms with Gasteiger partial charge in [-0.3, -0.25) is 0 Å². The maximum atomic E-state index is 8.84. The molecule has 0 atom stereocenters. The Labute approximate surface area is 59.3 Å². The second kappa shape index (κ2) is 2.90. The van der Waals surface area contributed by atoms with Gasteiger partial charge >= 0.3 is 0 Å². The molecule has 0 amide bonds. The SMILES string of the molecule is OCC1(CO)CCCS1. The lowest BCUT2D eigenvalue weighted by Gasteiger charge is -2.21. The lowest BCUT2D eigenvalue weighted by atomic mass is 10.1. The summed E-state index contributed by atoms with van der Waals surface area (Å²) >= 11 is 1.69. The summed E-state index contributed by atoms with van der Waals surface area (Å²) < 4.78 is -0.194. The molecule has 1 aliphatic heterocycles. The second-order valence-corrected chi connectivity index (χ2v) is 4.01. The summed E-state index contributed by atoms with van der Waals surface area (Å²) in [7, 11) is 0. The van der Waals surface area contributed by atoms with Crippen LogP contribution in [0.25, 0.3) is 0 Å². The van der Waals surface area contributed by atoms with Crippen LogP contribution in [0.4, 0.5) is 0 Å². The third-order valence-electron chi connectivity index (χ3n) is 1.76. The summed E-state index contributed by atoms with van der Waals surface area (Å²) in [6.07, 6.45) is 2.09. The third kappa shape index (κ3) is 1.39. The summed E-state index contributed by atoms with van der Waals surface area (Å²) in [6, 6.07) is 0. The van der Waals surface area contributed by atoms with Crippen LogP contribution in [0.15, 0.2) is 0 Å². The van der Waals surface area contributed by atoms with Crippen LogP contribution in [-0.2, 0) is 0 Å². The number of aliphatic hydroxyl groups is 2. The van der Waals surface area contributed by atoms with Crippen LogP contribution >= 0.6 is 11.8 Å². The van der Waals surface area contributed by atoms with Gasteiger partial charge in [0, 0.05) is 0 Å². The van der Waals surface area contributed by atoms with Crippen molar-refractivity contribution >= 4 is 11.8 Å². The molecule has 2 nitrogen and oxygen atoms in total. The van der Waals surface area contributed by atoms with E-state index in [9.17, 15) is 0 Å². The highest BCUT2D eigenvalue weighted by Crippen LogP contribution is 2.36. The summed E-state index contributed by atoms with van der Waals surface area (Å²) in [4.78, 5) is 0. The maximum Gasteiger partial charge on any atom is 0.0621 e. The number of hydrogen-bond acceptors (Lipinski definition) is 3. The minimum atomic E-state index is -0.194. The van der Waals surface area contributed by atoms with E-state index in [4.69, 9.17) is 10.2 Å². The smallest absolute Gasteiger partial charge is 0.0621 e. The van der Waals surface area contributed by atoms with Crippen LogP contribution in [0.1, 0.15) is 12.8 Å². The van der Waals surface area contributed by atoms with Crippen LogP contribution in [-0.4, -0.2) is 33.9 Å². The van der Waals surface area contributed by atoms with E-state index >= 15 is 0 Å². The van der Waals surface area contributed by atoms with E-state index in [1.807, 2.05) is 0 Å². The van der Waals surface area contributed by atoms with Crippen LogP contribution in [0, 0.1) is 0 Å². The van der Waals surface area contributed by atoms with Gasteiger partial charge in [-0.25, -0.2) is 0 Å². The zero-order valence-corrected chi connectivity index (χ0v) is 6.15. The van der Waals surface area contributed by atoms with Crippen molar-refractivity contribution in [2.45, 2.75) is 17.6 Å². The molecule has 1 saturated heterocycles. The molecule has 0 aliphatic carbocycles. The van der Waals surface area contributed by atoms with Gasteiger partial charge in [-0.15, -0.1) is 0 Å². The first-order valence-corrected chi connectivity index (χ1v) is 4.17. The van der Waals surface area contributed by atoms with Gasteiger partial charge in [0.15, 0.2) is 0 Å². The van der Waals surface area contributed by atoms with Crippen molar-refractivity contribution in [3.8, 4) is 0 Å². The number of rotatable bonds is 2. The summed E-state index contributed by atoms with van der Waals surface area (Å²) in [5, 5.41) is 17.7. The minimum absolute atomic E-state index is 0.119. The van der Waals surface area contributed by atoms with Crippen LogP contribution in [0.3, 0.4) is 0 Å². The molecule has 54 valence electrons. The van der Waals surface area contributed by atoms with E-state index in [1.165, 1.54) is 0 Å². The Morgan fingerprint density at radius 2 is 2.00 bits per heavy atom. The first-order valence-electron chi connectivity index (χ1n) is 3.19. The van der Waals surface area contributed by atoms with Crippen LogP contribution in [0.2, 0.25) is 0 Å². The van der Waals surface area contributed by atoms with Gasteiger partial charge in [-0.2, -0.15) is 11.8 Å². The predicted octanol–water partition coefficient (Wildman–Crippen LogP) is 0.237. The molecule has 1 fully saturated rings. The third-order valence-corrected chi connectivity index (χ3v) is 3.33. The zero-order chi connectivity index (χ0) is 6.74. The standard InChI is InChI=1S/C6H12O2S/c7-4-6(5-8)2-1-3-9-6/h7-8H,1-5H2. The van der Waals surface area contributed by atoms with Gasteiger partial charge in [-0.1, -0.05) is 0 Å². The van der Waals surface area contributed by atoms with E-state index in [0.717, 1.165) is 18.6 Å². The van der Waals surface area contributed by atoms with Gasteiger partial charge < -0.3 is 10.2 Å². The molecule has 0 bridgehead atoms. The Balaban J connectivity index is 2.45. The monoisotopic (exact) mass is 148 g/mol. The van der Waals surface area contributed by atoms with Gasteiger partial charge in [-0.05, 0) is 18.6 Å². The van der Waals surface area contributed by atoms with E-state index in [1.54, 1.807) is 11.8 Å². The van der Waals surface area contributed by atoms with E-state index < -0.39 is 0 Å². The molecule has 1 heterocycles. The Bertz CT molecular complexity index is 83.1. The quantitative estimate of drug-likeness (QED) is 0.589. The molecule has 0 aromatic heterocycles. The largest absolute Gasteiger partial charge is 0.395 e. The fourth-order valence-corrected chi connectivity index (χ4v) is 2.25. The number of hydrogen-bond donors (Lipinski definition) is 2. The lowest BCUT2D eigenvalue weighted by Crippen LogP contribution is -2.30. The van der Waals surface area contributed by atoms with Crippen LogP contribution in [0.5, 0.6) is 0 Å². The number of aliphatic hydroxyl groups excluding tert-OH is 2. The molecule has 3 heteroatoms. The van der Waals surface area contributed by atoms with Crippen LogP contribution < -0.4 is 0 Å². The van der Waals surface area contributed by atoms with Gasteiger partial charge in [0.1, 0.15) is 0 Å². The highest BCUT2D eigenvalue weighted by Gasteiger charge is 2.32. The molecule has 1 rings (SSSR count).